The Hall–Kier alpha value is -4.73. The number of sulfonamides is 1. The maximum atomic E-state index is 16.0. The molecule has 4 aromatic rings. The van der Waals surface area contributed by atoms with E-state index in [0.29, 0.717) is 24.0 Å². The van der Waals surface area contributed by atoms with Crippen LogP contribution >= 0.6 is 0 Å². The third-order valence-corrected chi connectivity index (χ3v) is 10.5. The van der Waals surface area contributed by atoms with Crippen LogP contribution in [0.4, 0.5) is 33.7 Å². The van der Waals surface area contributed by atoms with E-state index in [1.165, 1.54) is 26.2 Å². The van der Waals surface area contributed by atoms with Crippen LogP contribution in [0.25, 0.3) is 0 Å². The van der Waals surface area contributed by atoms with E-state index in [1.807, 2.05) is 12.1 Å². The molecular formula is C35H30F4N4O3S. The van der Waals surface area contributed by atoms with Crippen LogP contribution in [-0.4, -0.2) is 30.8 Å². The van der Waals surface area contributed by atoms with Gasteiger partial charge in [-0.1, -0.05) is 73.5 Å². The minimum atomic E-state index is -4.81. The van der Waals surface area contributed by atoms with Gasteiger partial charge in [-0.15, -0.1) is 0 Å². The van der Waals surface area contributed by atoms with Crippen molar-refractivity contribution in [3.8, 4) is 6.07 Å². The van der Waals surface area contributed by atoms with Crippen LogP contribution in [0.15, 0.2) is 102 Å². The lowest BCUT2D eigenvalue weighted by atomic mass is 9.89. The van der Waals surface area contributed by atoms with Crippen LogP contribution in [0.1, 0.15) is 47.9 Å². The van der Waals surface area contributed by atoms with Crippen molar-refractivity contribution in [3.05, 3.63) is 125 Å². The van der Waals surface area contributed by atoms with Gasteiger partial charge in [0.15, 0.2) is 0 Å². The highest BCUT2D eigenvalue weighted by Gasteiger charge is 2.49. The lowest BCUT2D eigenvalue weighted by Gasteiger charge is -2.32. The molecule has 47 heavy (non-hydrogen) atoms. The second-order valence-electron chi connectivity index (χ2n) is 11.6. The number of hydrogen-bond donors (Lipinski definition) is 0. The maximum absolute atomic E-state index is 16.0. The summed E-state index contributed by atoms with van der Waals surface area (Å²) in [5.74, 6) is -1.05. The fourth-order valence-corrected chi connectivity index (χ4v) is 7.96. The molecule has 0 bridgehead atoms. The van der Waals surface area contributed by atoms with Crippen molar-refractivity contribution in [2.24, 2.45) is 0 Å². The highest BCUT2D eigenvalue weighted by Crippen LogP contribution is 2.42. The SMILES string of the molecule is N#Cc1ccc(N2C(=O)N(c3ccc(S(=O)(=O)N(Cc4ccccc4)Cc4ccccc4)c(F)c3)[C@H]3CCCC[C@@H]32)cc1C(F)(F)F. The zero-order chi connectivity index (χ0) is 33.3. The molecule has 1 aliphatic heterocycles. The summed E-state index contributed by atoms with van der Waals surface area (Å²) in [7, 11) is -4.37. The number of halogens is 4. The molecule has 0 spiro atoms. The van der Waals surface area contributed by atoms with Crippen LogP contribution in [0, 0.1) is 17.1 Å². The molecule has 1 saturated heterocycles. The van der Waals surface area contributed by atoms with Gasteiger partial charge in [-0.3, -0.25) is 9.80 Å². The summed E-state index contributed by atoms with van der Waals surface area (Å²) in [6, 6.07) is 24.5. The number of carbonyl (C=O) groups is 1. The van der Waals surface area contributed by atoms with E-state index in [2.05, 4.69) is 0 Å². The molecule has 4 aromatic carbocycles. The molecule has 12 heteroatoms. The minimum Gasteiger partial charge on any atom is -0.289 e. The third kappa shape index (κ3) is 6.33. The lowest BCUT2D eigenvalue weighted by molar-refractivity contribution is -0.137. The monoisotopic (exact) mass is 662 g/mol. The number of urea groups is 1. The first-order valence-electron chi connectivity index (χ1n) is 15.1. The van der Waals surface area contributed by atoms with Gasteiger partial charge in [0.1, 0.15) is 10.7 Å². The van der Waals surface area contributed by atoms with Gasteiger partial charge >= 0.3 is 12.2 Å². The van der Waals surface area contributed by atoms with E-state index in [4.69, 9.17) is 0 Å². The normalized spacial score (nSPS) is 18.3. The molecule has 1 saturated carbocycles. The molecule has 0 radical (unpaired) electrons. The molecule has 1 heterocycles. The first kappa shape index (κ1) is 32.2. The Bertz CT molecular complexity index is 1890. The molecule has 7 nitrogen and oxygen atoms in total. The second-order valence-corrected chi connectivity index (χ2v) is 13.5. The van der Waals surface area contributed by atoms with E-state index in [9.17, 15) is 31.6 Å². The Balaban J connectivity index is 1.35. The van der Waals surface area contributed by atoms with Crippen LogP contribution in [0.5, 0.6) is 0 Å². The maximum Gasteiger partial charge on any atom is 0.417 e. The van der Waals surface area contributed by atoms with E-state index in [-0.39, 0.29) is 24.5 Å². The predicted octanol–water partition coefficient (Wildman–Crippen LogP) is 7.87. The largest absolute Gasteiger partial charge is 0.417 e. The Kier molecular flexibility index (Phi) is 8.78. The van der Waals surface area contributed by atoms with Crippen molar-refractivity contribution in [1.82, 2.24) is 4.31 Å². The summed E-state index contributed by atoms with van der Waals surface area (Å²) in [5.41, 5.74) is -0.186. The van der Waals surface area contributed by atoms with Crippen molar-refractivity contribution >= 4 is 27.4 Å². The van der Waals surface area contributed by atoms with Gasteiger partial charge in [0.05, 0.1) is 29.3 Å². The standard InChI is InChI=1S/C35H30F4N4O3S/c36-30-20-28(17-18-33(30)47(45,46)41(22-24-9-3-1-4-10-24)23-25-11-5-2-6-12-25)43-32-14-8-7-13-31(32)42(34(43)44)27-16-15-26(21-40)29(19-27)35(37,38)39/h1-6,9-12,15-20,31-32H,7-8,13-14,22-23H2/t31-,32-/m0/s1. The smallest absolute Gasteiger partial charge is 0.289 e. The van der Waals surface area contributed by atoms with Gasteiger partial charge in [-0.2, -0.15) is 22.7 Å². The van der Waals surface area contributed by atoms with Gasteiger partial charge < -0.3 is 0 Å². The Labute approximate surface area is 270 Å². The van der Waals surface area contributed by atoms with Gasteiger partial charge in [0.25, 0.3) is 0 Å². The molecule has 2 atom stereocenters. The fourth-order valence-electron chi connectivity index (χ4n) is 6.50. The molecule has 6 rings (SSSR count). The van der Waals surface area contributed by atoms with Gasteiger partial charge in [-0.25, -0.2) is 17.6 Å². The average molecular weight is 663 g/mol. The summed E-state index contributed by atoms with van der Waals surface area (Å²) in [5, 5.41) is 9.24. The fraction of sp³-hybridized carbons (Fsp3) is 0.257. The van der Waals surface area contributed by atoms with E-state index in [1.54, 1.807) is 54.6 Å². The molecule has 2 aliphatic rings. The van der Waals surface area contributed by atoms with Gasteiger partial charge in [0, 0.05) is 24.5 Å². The first-order valence-corrected chi connectivity index (χ1v) is 16.5. The summed E-state index contributed by atoms with van der Waals surface area (Å²) in [4.78, 5) is 16.0. The van der Waals surface area contributed by atoms with Crippen molar-refractivity contribution < 1.29 is 30.8 Å². The number of carbonyl (C=O) groups excluding carboxylic acids is 1. The van der Waals surface area contributed by atoms with Gasteiger partial charge in [-0.05, 0) is 60.4 Å². The molecule has 2 amide bonds. The molecular weight excluding hydrogens is 632 g/mol. The number of rotatable bonds is 8. The highest BCUT2D eigenvalue weighted by atomic mass is 32.2. The number of hydrogen-bond acceptors (Lipinski definition) is 4. The van der Waals surface area contributed by atoms with Crippen molar-refractivity contribution in [2.45, 2.75) is 61.9 Å². The summed E-state index contributed by atoms with van der Waals surface area (Å²) in [6.45, 7) is -0.0137. The summed E-state index contributed by atoms with van der Waals surface area (Å²) in [6.07, 6.45) is -2.28. The quantitative estimate of drug-likeness (QED) is 0.180. The minimum absolute atomic E-state index is 0.00686. The van der Waals surface area contributed by atoms with E-state index < -0.39 is 56.2 Å². The number of nitriles is 1. The molecule has 0 N–H and O–H groups in total. The lowest BCUT2D eigenvalue weighted by Crippen LogP contribution is -2.40. The molecule has 1 aliphatic carbocycles. The number of amides is 2. The Morgan fingerprint density at radius 1 is 0.787 bits per heavy atom. The molecule has 0 aromatic heterocycles. The molecule has 242 valence electrons. The summed E-state index contributed by atoms with van der Waals surface area (Å²) < 4.78 is 86.5. The van der Waals surface area contributed by atoms with Gasteiger partial charge in [0.2, 0.25) is 10.0 Å². The Morgan fingerprint density at radius 3 is 1.79 bits per heavy atom. The van der Waals surface area contributed by atoms with Crippen LogP contribution < -0.4 is 9.80 Å². The number of benzene rings is 4. The first-order chi connectivity index (χ1) is 22.5. The summed E-state index contributed by atoms with van der Waals surface area (Å²) >= 11 is 0. The Morgan fingerprint density at radius 2 is 1.30 bits per heavy atom. The van der Waals surface area contributed by atoms with Crippen LogP contribution in [0.2, 0.25) is 0 Å². The van der Waals surface area contributed by atoms with Crippen molar-refractivity contribution in [2.75, 3.05) is 9.80 Å². The zero-order valence-electron chi connectivity index (χ0n) is 25.1. The number of nitrogens with zero attached hydrogens (tertiary/aromatic N) is 4. The second kappa shape index (κ2) is 12.8. The average Bonchev–Trinajstić information content (AvgIpc) is 3.36. The van der Waals surface area contributed by atoms with Crippen molar-refractivity contribution in [3.63, 3.8) is 0 Å². The number of anilines is 2. The third-order valence-electron chi connectivity index (χ3n) is 8.69. The highest BCUT2D eigenvalue weighted by molar-refractivity contribution is 7.89. The van der Waals surface area contributed by atoms with Crippen LogP contribution in [0.3, 0.4) is 0 Å². The topological polar surface area (TPSA) is 84.7 Å². The zero-order valence-corrected chi connectivity index (χ0v) is 25.9. The van der Waals surface area contributed by atoms with E-state index >= 15 is 4.39 Å². The molecule has 2 fully saturated rings. The van der Waals surface area contributed by atoms with Crippen molar-refractivity contribution in [1.29, 1.82) is 5.26 Å². The van der Waals surface area contributed by atoms with Crippen LogP contribution in [-0.2, 0) is 29.3 Å². The number of fused-ring (bicyclic) bond motifs is 1. The molecule has 0 unspecified atom stereocenters. The van der Waals surface area contributed by atoms with E-state index in [0.717, 1.165) is 37.1 Å². The predicted molar refractivity (Wildman–Crippen MR) is 168 cm³/mol. The number of alkyl halides is 3.